The average Bonchev–Trinajstić information content (AvgIpc) is 3.16. The van der Waals surface area contributed by atoms with Crippen LogP contribution in [0.5, 0.6) is 0 Å². The SMILES string of the molecule is CCCn1c([C@H]2CC(=O)N(CC3CC3)C2)nc2ccccc21. The molecule has 0 N–H and O–H groups in total. The summed E-state index contributed by atoms with van der Waals surface area (Å²) in [6.45, 7) is 4.98. The van der Waals surface area contributed by atoms with Crippen LogP contribution in [0.15, 0.2) is 24.3 Å². The molecule has 2 heterocycles. The second-order valence-electron chi connectivity index (χ2n) is 6.75. The molecule has 1 saturated heterocycles. The first-order chi connectivity index (χ1) is 10.8. The maximum Gasteiger partial charge on any atom is 0.223 e. The predicted molar refractivity (Wildman–Crippen MR) is 86.7 cm³/mol. The van der Waals surface area contributed by atoms with E-state index in [0.29, 0.717) is 12.3 Å². The number of benzene rings is 1. The number of likely N-dealkylation sites (tertiary alicyclic amines) is 1. The number of fused-ring (bicyclic) bond motifs is 1. The first-order valence-corrected chi connectivity index (χ1v) is 8.49. The molecule has 4 heteroatoms. The van der Waals surface area contributed by atoms with Gasteiger partial charge in [-0.2, -0.15) is 0 Å². The van der Waals surface area contributed by atoms with Crippen molar-refractivity contribution in [1.29, 1.82) is 0 Å². The first-order valence-electron chi connectivity index (χ1n) is 8.49. The zero-order chi connectivity index (χ0) is 15.1. The van der Waals surface area contributed by atoms with Crippen molar-refractivity contribution < 1.29 is 4.79 Å². The Balaban J connectivity index is 1.65. The van der Waals surface area contributed by atoms with Crippen LogP contribution in [0.4, 0.5) is 0 Å². The second kappa shape index (κ2) is 5.41. The summed E-state index contributed by atoms with van der Waals surface area (Å²) >= 11 is 0. The molecule has 22 heavy (non-hydrogen) atoms. The highest BCUT2D eigenvalue weighted by molar-refractivity contribution is 5.81. The van der Waals surface area contributed by atoms with E-state index in [1.807, 2.05) is 6.07 Å². The molecule has 4 nitrogen and oxygen atoms in total. The lowest BCUT2D eigenvalue weighted by atomic mass is 10.1. The van der Waals surface area contributed by atoms with Gasteiger partial charge in [0.25, 0.3) is 0 Å². The number of imidazole rings is 1. The van der Waals surface area contributed by atoms with E-state index in [-0.39, 0.29) is 5.92 Å². The van der Waals surface area contributed by atoms with Crippen molar-refractivity contribution in [2.75, 3.05) is 13.1 Å². The number of aromatic nitrogens is 2. The summed E-state index contributed by atoms with van der Waals surface area (Å²) in [5, 5.41) is 0. The fourth-order valence-electron chi connectivity index (χ4n) is 3.60. The van der Waals surface area contributed by atoms with Gasteiger partial charge in [-0.3, -0.25) is 4.79 Å². The quantitative estimate of drug-likeness (QED) is 0.850. The Bertz CT molecular complexity index is 701. The van der Waals surface area contributed by atoms with Crippen LogP contribution in [0.3, 0.4) is 0 Å². The molecule has 1 amide bonds. The maximum absolute atomic E-state index is 12.3. The summed E-state index contributed by atoms with van der Waals surface area (Å²) in [7, 11) is 0. The fraction of sp³-hybridized carbons (Fsp3) is 0.556. The largest absolute Gasteiger partial charge is 0.342 e. The van der Waals surface area contributed by atoms with Gasteiger partial charge in [0, 0.05) is 32.0 Å². The Morgan fingerprint density at radius 3 is 2.86 bits per heavy atom. The van der Waals surface area contributed by atoms with Crippen LogP contribution in [0.1, 0.15) is 44.3 Å². The van der Waals surface area contributed by atoms with Crippen molar-refractivity contribution in [2.45, 2.75) is 45.1 Å². The molecule has 1 atom stereocenters. The van der Waals surface area contributed by atoms with E-state index in [4.69, 9.17) is 4.98 Å². The third-order valence-corrected chi connectivity index (χ3v) is 4.89. The van der Waals surface area contributed by atoms with Crippen molar-refractivity contribution in [1.82, 2.24) is 14.5 Å². The summed E-state index contributed by atoms with van der Waals surface area (Å²) in [5.74, 6) is 2.43. The van der Waals surface area contributed by atoms with E-state index in [1.54, 1.807) is 0 Å². The number of carbonyl (C=O) groups excluding carboxylic acids is 1. The van der Waals surface area contributed by atoms with Gasteiger partial charge in [0.2, 0.25) is 5.91 Å². The smallest absolute Gasteiger partial charge is 0.223 e. The second-order valence-corrected chi connectivity index (χ2v) is 6.75. The van der Waals surface area contributed by atoms with Crippen molar-refractivity contribution in [2.24, 2.45) is 5.92 Å². The lowest BCUT2D eigenvalue weighted by Gasteiger charge is -2.16. The van der Waals surface area contributed by atoms with E-state index >= 15 is 0 Å². The summed E-state index contributed by atoms with van der Waals surface area (Å²) in [6, 6.07) is 8.32. The minimum Gasteiger partial charge on any atom is -0.342 e. The van der Waals surface area contributed by atoms with Crippen LogP contribution in [0.25, 0.3) is 11.0 Å². The molecular weight excluding hydrogens is 274 g/mol. The monoisotopic (exact) mass is 297 g/mol. The molecule has 2 fully saturated rings. The number of rotatable bonds is 5. The van der Waals surface area contributed by atoms with E-state index < -0.39 is 0 Å². The van der Waals surface area contributed by atoms with Crippen molar-refractivity contribution in [3.63, 3.8) is 0 Å². The Morgan fingerprint density at radius 2 is 2.09 bits per heavy atom. The van der Waals surface area contributed by atoms with Crippen LogP contribution in [0.2, 0.25) is 0 Å². The number of hydrogen-bond donors (Lipinski definition) is 0. The minimum absolute atomic E-state index is 0.255. The molecule has 1 saturated carbocycles. The van der Waals surface area contributed by atoms with E-state index in [0.717, 1.165) is 43.3 Å². The molecule has 2 aliphatic rings. The van der Waals surface area contributed by atoms with E-state index in [9.17, 15) is 4.79 Å². The van der Waals surface area contributed by atoms with Gasteiger partial charge in [0.05, 0.1) is 11.0 Å². The van der Waals surface area contributed by atoms with Crippen molar-refractivity contribution in [3.05, 3.63) is 30.1 Å². The first kappa shape index (κ1) is 13.8. The molecule has 0 spiro atoms. The van der Waals surface area contributed by atoms with Crippen LogP contribution in [-0.2, 0) is 11.3 Å². The van der Waals surface area contributed by atoms with Crippen LogP contribution in [-0.4, -0.2) is 33.4 Å². The van der Waals surface area contributed by atoms with Crippen molar-refractivity contribution >= 4 is 16.9 Å². The van der Waals surface area contributed by atoms with E-state index in [2.05, 4.69) is 34.6 Å². The lowest BCUT2D eigenvalue weighted by Crippen LogP contribution is -2.27. The normalized spacial score (nSPS) is 22.0. The highest BCUT2D eigenvalue weighted by Crippen LogP contribution is 2.35. The number of aryl methyl sites for hydroxylation is 1. The van der Waals surface area contributed by atoms with Crippen LogP contribution in [0, 0.1) is 5.92 Å². The number of amides is 1. The summed E-state index contributed by atoms with van der Waals surface area (Å²) in [4.78, 5) is 19.2. The van der Waals surface area contributed by atoms with Gasteiger partial charge >= 0.3 is 0 Å². The Kier molecular flexibility index (Phi) is 3.40. The van der Waals surface area contributed by atoms with E-state index in [1.165, 1.54) is 18.4 Å². The van der Waals surface area contributed by atoms with Gasteiger partial charge in [-0.15, -0.1) is 0 Å². The number of nitrogens with zero attached hydrogens (tertiary/aromatic N) is 3. The third kappa shape index (κ3) is 2.40. The lowest BCUT2D eigenvalue weighted by molar-refractivity contribution is -0.127. The number of hydrogen-bond acceptors (Lipinski definition) is 2. The highest BCUT2D eigenvalue weighted by atomic mass is 16.2. The summed E-state index contributed by atoms with van der Waals surface area (Å²) in [6.07, 6.45) is 4.30. The van der Waals surface area contributed by atoms with Crippen LogP contribution >= 0.6 is 0 Å². The van der Waals surface area contributed by atoms with Crippen LogP contribution < -0.4 is 0 Å². The number of carbonyl (C=O) groups is 1. The summed E-state index contributed by atoms with van der Waals surface area (Å²) in [5.41, 5.74) is 2.26. The van der Waals surface area contributed by atoms with Gasteiger partial charge < -0.3 is 9.47 Å². The molecular formula is C18H23N3O. The van der Waals surface area contributed by atoms with Gasteiger partial charge in [0.15, 0.2) is 0 Å². The Labute approximate surface area is 131 Å². The topological polar surface area (TPSA) is 38.1 Å². The molecule has 1 aromatic heterocycles. The van der Waals surface area contributed by atoms with Gasteiger partial charge in [-0.25, -0.2) is 4.98 Å². The summed E-state index contributed by atoms with van der Waals surface area (Å²) < 4.78 is 2.33. The molecule has 1 aliphatic carbocycles. The molecule has 0 unspecified atom stereocenters. The molecule has 0 bridgehead atoms. The minimum atomic E-state index is 0.255. The van der Waals surface area contributed by atoms with Crippen molar-refractivity contribution in [3.8, 4) is 0 Å². The zero-order valence-electron chi connectivity index (χ0n) is 13.2. The number of para-hydroxylation sites is 2. The molecule has 2 aromatic rings. The standard InChI is InChI=1S/C18H23N3O/c1-2-9-21-16-6-4-3-5-15(16)19-18(21)14-10-17(22)20(12-14)11-13-7-8-13/h3-6,13-14H,2,7-12H2,1H3/t14-/m0/s1. The van der Waals surface area contributed by atoms with Gasteiger partial charge in [-0.1, -0.05) is 19.1 Å². The highest BCUT2D eigenvalue weighted by Gasteiger charge is 2.36. The zero-order valence-corrected chi connectivity index (χ0v) is 13.2. The molecule has 1 aliphatic heterocycles. The molecule has 1 aromatic carbocycles. The average molecular weight is 297 g/mol. The fourth-order valence-corrected chi connectivity index (χ4v) is 3.60. The molecule has 0 radical (unpaired) electrons. The van der Waals surface area contributed by atoms with Gasteiger partial charge in [-0.05, 0) is 37.3 Å². The Morgan fingerprint density at radius 1 is 1.27 bits per heavy atom. The van der Waals surface area contributed by atoms with Gasteiger partial charge in [0.1, 0.15) is 5.82 Å². The molecule has 116 valence electrons. The molecule has 4 rings (SSSR count). The third-order valence-electron chi connectivity index (χ3n) is 4.89. The Hall–Kier alpha value is -1.84. The predicted octanol–water partition coefficient (Wildman–Crippen LogP) is 3.17. The maximum atomic E-state index is 12.3.